The molecule has 0 fully saturated rings. The number of hydrogen-bond donors (Lipinski definition) is 2. The zero-order chi connectivity index (χ0) is 11.2. The van der Waals surface area contributed by atoms with Gasteiger partial charge < -0.3 is 10.9 Å². The number of aryl methyl sites for hydroxylation is 1. The van der Waals surface area contributed by atoms with E-state index in [0.29, 0.717) is 0 Å². The van der Waals surface area contributed by atoms with Gasteiger partial charge in [0.2, 0.25) is 0 Å². The van der Waals surface area contributed by atoms with Crippen LogP contribution in [0, 0.1) is 11.8 Å². The average molecular weight is 196 g/mol. The summed E-state index contributed by atoms with van der Waals surface area (Å²) in [6, 6.07) is 8.22. The van der Waals surface area contributed by atoms with Gasteiger partial charge in [0, 0.05) is 5.54 Å². The fourth-order valence-electron chi connectivity index (χ4n) is 1.30. The molecule has 0 radical (unpaired) electrons. The number of nitrogens with two attached hydrogens (primary N) is 1. The van der Waals surface area contributed by atoms with Crippen LogP contribution in [0.4, 0.5) is 0 Å². The number of nitrogens with zero attached hydrogens (tertiary/aromatic N) is 1. The molecule has 0 unspecified atom stereocenters. The molecule has 4 heteroatoms. The van der Waals surface area contributed by atoms with Gasteiger partial charge in [-0.15, -0.1) is 4.91 Å². The Morgan fingerprint density at radius 2 is 1.79 bits per heavy atom. The fraction of sp³-hybridized carbons (Fsp3) is 0.400. The van der Waals surface area contributed by atoms with Crippen LogP contribution in [-0.2, 0) is 5.54 Å². The van der Waals surface area contributed by atoms with Crippen LogP contribution in [0.2, 0.25) is 0 Å². The Morgan fingerprint density at radius 3 is 2.07 bits per heavy atom. The lowest BCUT2D eigenvalue weighted by Crippen LogP contribution is -2.29. The molecule has 4 nitrogen and oxygen atoms in total. The summed E-state index contributed by atoms with van der Waals surface area (Å²) in [7, 11) is 0. The van der Waals surface area contributed by atoms with E-state index >= 15 is 0 Å². The molecule has 0 saturated carbocycles. The Kier molecular flexibility index (Phi) is 4.80. The lowest BCUT2D eigenvalue weighted by molar-refractivity contribution is 0.312. The van der Waals surface area contributed by atoms with Crippen molar-refractivity contribution in [1.82, 2.24) is 0 Å². The molecule has 0 aliphatic rings. The van der Waals surface area contributed by atoms with Crippen molar-refractivity contribution in [3.8, 4) is 0 Å². The SMILES string of the molecule is Cc1ccccc1C(C)(C)N.O=NO. The van der Waals surface area contributed by atoms with Crippen LogP contribution in [0.15, 0.2) is 29.6 Å². The van der Waals surface area contributed by atoms with E-state index in [1.807, 2.05) is 26.0 Å². The third-order valence-electron chi connectivity index (χ3n) is 1.84. The maximum atomic E-state index is 8.11. The second kappa shape index (κ2) is 5.34. The topological polar surface area (TPSA) is 75.7 Å². The summed E-state index contributed by atoms with van der Waals surface area (Å²) in [5, 5.41) is 7.89. The molecule has 0 heterocycles. The minimum absolute atomic E-state index is 0.217. The van der Waals surface area contributed by atoms with E-state index in [2.05, 4.69) is 19.1 Å². The highest BCUT2D eigenvalue weighted by Gasteiger charge is 2.14. The van der Waals surface area contributed by atoms with Crippen LogP contribution in [0.25, 0.3) is 0 Å². The van der Waals surface area contributed by atoms with Crippen molar-refractivity contribution in [1.29, 1.82) is 0 Å². The third kappa shape index (κ3) is 4.00. The monoisotopic (exact) mass is 196 g/mol. The van der Waals surface area contributed by atoms with E-state index in [1.54, 1.807) is 0 Å². The smallest absolute Gasteiger partial charge is 0.152 e. The van der Waals surface area contributed by atoms with Crippen molar-refractivity contribution in [3.05, 3.63) is 40.3 Å². The Labute approximate surface area is 83.7 Å². The van der Waals surface area contributed by atoms with Crippen molar-refractivity contribution >= 4 is 0 Å². The van der Waals surface area contributed by atoms with Gasteiger partial charge in [0.15, 0.2) is 5.34 Å². The van der Waals surface area contributed by atoms with Crippen LogP contribution in [-0.4, -0.2) is 5.21 Å². The van der Waals surface area contributed by atoms with Gasteiger partial charge in [-0.1, -0.05) is 24.3 Å². The van der Waals surface area contributed by atoms with E-state index in [9.17, 15) is 0 Å². The standard InChI is InChI=1S/C10H15N.HNO2/c1-8-6-4-5-7-9(8)10(2,3)11;2-1-3/h4-7H,11H2,1-3H3;(H,2,3). The van der Waals surface area contributed by atoms with Crippen LogP contribution < -0.4 is 5.73 Å². The lowest BCUT2D eigenvalue weighted by atomic mass is 9.92. The number of rotatable bonds is 1. The summed E-state index contributed by atoms with van der Waals surface area (Å²) in [5.74, 6) is 0. The zero-order valence-electron chi connectivity index (χ0n) is 8.69. The maximum absolute atomic E-state index is 8.11. The van der Waals surface area contributed by atoms with Crippen molar-refractivity contribution in [2.24, 2.45) is 11.1 Å². The third-order valence-corrected chi connectivity index (χ3v) is 1.84. The number of benzene rings is 1. The zero-order valence-corrected chi connectivity index (χ0v) is 8.69. The molecule has 14 heavy (non-hydrogen) atoms. The molecule has 0 aliphatic heterocycles. The predicted octanol–water partition coefficient (Wildman–Crippen LogP) is 2.33. The van der Waals surface area contributed by atoms with Gasteiger partial charge in [0.05, 0.1) is 0 Å². The van der Waals surface area contributed by atoms with E-state index in [0.717, 1.165) is 0 Å². The first kappa shape index (κ1) is 12.6. The molecule has 0 aromatic heterocycles. The second-order valence-corrected chi connectivity index (χ2v) is 3.62. The Morgan fingerprint density at radius 1 is 1.36 bits per heavy atom. The Balaban J connectivity index is 0.000000500. The van der Waals surface area contributed by atoms with Crippen molar-refractivity contribution in [2.75, 3.05) is 0 Å². The molecule has 0 saturated heterocycles. The molecular weight excluding hydrogens is 180 g/mol. The summed E-state index contributed by atoms with van der Waals surface area (Å²) < 4.78 is 0. The van der Waals surface area contributed by atoms with Gasteiger partial charge in [0.1, 0.15) is 0 Å². The van der Waals surface area contributed by atoms with E-state index in [4.69, 9.17) is 15.8 Å². The van der Waals surface area contributed by atoms with Crippen molar-refractivity contribution in [3.63, 3.8) is 0 Å². The largest absolute Gasteiger partial charge is 0.379 e. The van der Waals surface area contributed by atoms with Gasteiger partial charge in [-0.2, -0.15) is 0 Å². The molecule has 0 atom stereocenters. The summed E-state index contributed by atoms with van der Waals surface area (Å²) >= 11 is 0. The second-order valence-electron chi connectivity index (χ2n) is 3.62. The minimum atomic E-state index is -0.217. The Bertz CT molecular complexity index is 292. The molecule has 0 amide bonds. The molecule has 1 aromatic rings. The summed E-state index contributed by atoms with van der Waals surface area (Å²) in [6.45, 7) is 6.13. The van der Waals surface area contributed by atoms with Crippen LogP contribution in [0.5, 0.6) is 0 Å². The minimum Gasteiger partial charge on any atom is -0.379 e. The molecule has 1 aromatic carbocycles. The quantitative estimate of drug-likeness (QED) is 0.534. The average Bonchev–Trinajstić information content (AvgIpc) is 2.04. The summed E-state index contributed by atoms with van der Waals surface area (Å²) in [5.41, 5.74) is 8.23. The van der Waals surface area contributed by atoms with Crippen LogP contribution in [0.1, 0.15) is 25.0 Å². The van der Waals surface area contributed by atoms with E-state index in [1.165, 1.54) is 16.5 Å². The van der Waals surface area contributed by atoms with Gasteiger partial charge in [-0.05, 0) is 31.9 Å². The molecule has 0 bridgehead atoms. The predicted molar refractivity (Wildman–Crippen MR) is 56.0 cm³/mol. The van der Waals surface area contributed by atoms with Gasteiger partial charge >= 0.3 is 0 Å². The summed E-state index contributed by atoms with van der Waals surface area (Å²) in [6.07, 6.45) is 0. The van der Waals surface area contributed by atoms with E-state index < -0.39 is 0 Å². The van der Waals surface area contributed by atoms with E-state index in [-0.39, 0.29) is 5.54 Å². The number of hydrogen-bond acceptors (Lipinski definition) is 3. The lowest BCUT2D eigenvalue weighted by Gasteiger charge is -2.21. The molecule has 0 spiro atoms. The maximum Gasteiger partial charge on any atom is 0.152 e. The molecule has 78 valence electrons. The molecular formula is C10H16N2O2. The van der Waals surface area contributed by atoms with Gasteiger partial charge in [-0.3, -0.25) is 0 Å². The highest BCUT2D eigenvalue weighted by Crippen LogP contribution is 2.19. The highest BCUT2D eigenvalue weighted by molar-refractivity contribution is 5.30. The van der Waals surface area contributed by atoms with Crippen molar-refractivity contribution in [2.45, 2.75) is 26.3 Å². The fourth-order valence-corrected chi connectivity index (χ4v) is 1.30. The van der Waals surface area contributed by atoms with Crippen molar-refractivity contribution < 1.29 is 5.21 Å². The van der Waals surface area contributed by atoms with Crippen LogP contribution >= 0.6 is 0 Å². The van der Waals surface area contributed by atoms with Crippen LogP contribution in [0.3, 0.4) is 0 Å². The molecule has 0 aliphatic carbocycles. The first-order valence-corrected chi connectivity index (χ1v) is 4.25. The normalized spacial score (nSPS) is 10.0. The first-order chi connectivity index (χ1) is 6.43. The first-order valence-electron chi connectivity index (χ1n) is 4.25. The molecule has 1 rings (SSSR count). The highest BCUT2D eigenvalue weighted by atomic mass is 16.6. The van der Waals surface area contributed by atoms with Gasteiger partial charge in [0.25, 0.3) is 0 Å². The molecule has 3 N–H and O–H groups in total. The summed E-state index contributed by atoms with van der Waals surface area (Å²) in [4.78, 5) is 8.11. The van der Waals surface area contributed by atoms with Gasteiger partial charge in [-0.25, -0.2) is 0 Å². The Hall–Kier alpha value is -1.42.